The van der Waals surface area contributed by atoms with Gasteiger partial charge in [0.15, 0.2) is 0 Å². The predicted octanol–water partition coefficient (Wildman–Crippen LogP) is 3.37. The summed E-state index contributed by atoms with van der Waals surface area (Å²) >= 11 is 6.46. The van der Waals surface area contributed by atoms with Crippen LogP contribution in [0.5, 0.6) is 0 Å². The summed E-state index contributed by atoms with van der Waals surface area (Å²) in [7, 11) is 2.21. The maximum atomic E-state index is 6.46. The van der Waals surface area contributed by atoms with Crippen LogP contribution in [0, 0.1) is 0 Å². The third-order valence-electron chi connectivity index (χ3n) is 4.46. The fraction of sp³-hybridized carbons (Fsp3) is 0.647. The Morgan fingerprint density at radius 2 is 1.86 bits per heavy atom. The van der Waals surface area contributed by atoms with E-state index in [-0.39, 0.29) is 0 Å². The number of nitrogens with zero attached hydrogens (tertiary/aromatic N) is 2. The molecule has 0 bridgehead atoms. The fourth-order valence-corrected chi connectivity index (χ4v) is 3.05. The van der Waals surface area contributed by atoms with Gasteiger partial charge in [0.2, 0.25) is 0 Å². The minimum Gasteiger partial charge on any atom is -0.368 e. The molecule has 4 heteroatoms. The van der Waals surface area contributed by atoms with E-state index in [1.807, 2.05) is 0 Å². The summed E-state index contributed by atoms with van der Waals surface area (Å²) in [5.41, 5.74) is 2.41. The van der Waals surface area contributed by atoms with Gasteiger partial charge < -0.3 is 10.2 Å². The zero-order valence-electron chi connectivity index (χ0n) is 13.9. The van der Waals surface area contributed by atoms with Crippen molar-refractivity contribution in [3.05, 3.63) is 28.8 Å². The second kappa shape index (κ2) is 6.99. The smallest absolute Gasteiger partial charge is 0.0471 e. The lowest BCUT2D eigenvalue weighted by molar-refractivity contribution is 0.170. The summed E-state index contributed by atoms with van der Waals surface area (Å²) in [5, 5.41) is 4.28. The molecule has 1 saturated heterocycles. The molecule has 0 spiro atoms. The van der Waals surface area contributed by atoms with E-state index in [9.17, 15) is 0 Å². The van der Waals surface area contributed by atoms with Crippen LogP contribution in [0.1, 0.15) is 33.3 Å². The van der Waals surface area contributed by atoms with E-state index in [0.29, 0.717) is 18.1 Å². The first-order valence-corrected chi connectivity index (χ1v) is 8.25. The number of hydrogen-bond acceptors (Lipinski definition) is 3. The molecule has 1 aromatic rings. The molecule has 1 heterocycles. The topological polar surface area (TPSA) is 18.5 Å². The van der Waals surface area contributed by atoms with E-state index in [2.05, 4.69) is 68.1 Å². The summed E-state index contributed by atoms with van der Waals surface area (Å²) in [6.07, 6.45) is 0. The zero-order chi connectivity index (χ0) is 15.6. The van der Waals surface area contributed by atoms with Crippen LogP contribution in [0.3, 0.4) is 0 Å². The van der Waals surface area contributed by atoms with Gasteiger partial charge in [0.05, 0.1) is 0 Å². The van der Waals surface area contributed by atoms with Crippen molar-refractivity contribution in [2.24, 2.45) is 0 Å². The summed E-state index contributed by atoms with van der Waals surface area (Å²) < 4.78 is 0. The van der Waals surface area contributed by atoms with Crippen molar-refractivity contribution in [1.82, 2.24) is 10.2 Å². The Balaban J connectivity index is 2.09. The molecular formula is C17H28ClN3. The van der Waals surface area contributed by atoms with Gasteiger partial charge in [0, 0.05) is 48.5 Å². The van der Waals surface area contributed by atoms with Crippen LogP contribution in [0.25, 0.3) is 0 Å². The molecule has 3 nitrogen and oxygen atoms in total. The lowest BCUT2D eigenvalue weighted by atomic mass is 10.1. The summed E-state index contributed by atoms with van der Waals surface area (Å²) in [4.78, 5) is 4.89. The number of nitrogens with one attached hydrogen (secondary N) is 1. The molecule has 0 aliphatic carbocycles. The molecule has 1 fully saturated rings. The van der Waals surface area contributed by atoms with Gasteiger partial charge in [-0.1, -0.05) is 31.5 Å². The highest BCUT2D eigenvalue weighted by molar-refractivity contribution is 6.31. The second-order valence-electron chi connectivity index (χ2n) is 6.58. The molecule has 2 atom stereocenters. The van der Waals surface area contributed by atoms with Crippen LogP contribution < -0.4 is 10.2 Å². The molecule has 21 heavy (non-hydrogen) atoms. The molecule has 1 N–H and O–H groups in total. The highest BCUT2D eigenvalue weighted by Gasteiger charge is 2.26. The van der Waals surface area contributed by atoms with Crippen molar-refractivity contribution in [2.45, 2.75) is 52.4 Å². The Bertz CT molecular complexity index is 463. The maximum Gasteiger partial charge on any atom is 0.0471 e. The van der Waals surface area contributed by atoms with Crippen LogP contribution >= 0.6 is 11.6 Å². The van der Waals surface area contributed by atoms with Crippen LogP contribution in [0.4, 0.5) is 5.69 Å². The van der Waals surface area contributed by atoms with Crippen molar-refractivity contribution >= 4 is 17.3 Å². The minimum atomic E-state index is 0.472. The van der Waals surface area contributed by atoms with Crippen molar-refractivity contribution < 1.29 is 0 Å². The number of benzene rings is 1. The molecule has 1 aromatic carbocycles. The third-order valence-corrected chi connectivity index (χ3v) is 4.81. The lowest BCUT2D eigenvalue weighted by Gasteiger charge is -2.43. The number of piperazine rings is 1. The summed E-state index contributed by atoms with van der Waals surface area (Å²) in [6, 6.07) is 8.07. The number of hydrogen-bond donors (Lipinski definition) is 1. The molecule has 1 aliphatic heterocycles. The molecular weight excluding hydrogens is 282 g/mol. The van der Waals surface area contributed by atoms with Gasteiger partial charge in [-0.25, -0.2) is 0 Å². The van der Waals surface area contributed by atoms with Crippen molar-refractivity contribution in [1.29, 1.82) is 0 Å². The van der Waals surface area contributed by atoms with Crippen molar-refractivity contribution in [2.75, 3.05) is 25.0 Å². The van der Waals surface area contributed by atoms with Crippen molar-refractivity contribution in [3.8, 4) is 0 Å². The number of anilines is 1. The van der Waals surface area contributed by atoms with E-state index in [1.165, 1.54) is 11.3 Å². The number of halogens is 1. The van der Waals surface area contributed by atoms with Crippen LogP contribution in [-0.4, -0.2) is 43.2 Å². The Kier molecular flexibility index (Phi) is 5.53. The molecule has 1 aliphatic rings. The quantitative estimate of drug-likeness (QED) is 0.920. The van der Waals surface area contributed by atoms with Gasteiger partial charge >= 0.3 is 0 Å². The maximum absolute atomic E-state index is 6.46. The molecule has 0 amide bonds. The molecule has 2 rings (SSSR count). The number of likely N-dealkylation sites (N-methyl/N-ethyl adjacent to an activating group) is 1. The van der Waals surface area contributed by atoms with Crippen LogP contribution in [-0.2, 0) is 6.54 Å². The lowest BCUT2D eigenvalue weighted by Crippen LogP contribution is -2.55. The molecule has 0 aromatic heterocycles. The van der Waals surface area contributed by atoms with Gasteiger partial charge in [-0.2, -0.15) is 0 Å². The Morgan fingerprint density at radius 1 is 1.24 bits per heavy atom. The first-order valence-electron chi connectivity index (χ1n) is 7.87. The third kappa shape index (κ3) is 4.12. The van der Waals surface area contributed by atoms with Gasteiger partial charge in [-0.05, 0) is 38.6 Å². The number of rotatable bonds is 4. The monoisotopic (exact) mass is 309 g/mol. The zero-order valence-corrected chi connectivity index (χ0v) is 14.6. The fourth-order valence-electron chi connectivity index (χ4n) is 2.81. The molecule has 0 radical (unpaired) electrons. The van der Waals surface area contributed by atoms with E-state index in [1.54, 1.807) is 0 Å². The summed E-state index contributed by atoms with van der Waals surface area (Å²) in [5.74, 6) is 0. The van der Waals surface area contributed by atoms with Gasteiger partial charge in [-0.15, -0.1) is 0 Å². The SMILES string of the molecule is CC(C)NCc1ccc(N2CC(C)N(C)C(C)C2)cc1Cl. The van der Waals surface area contributed by atoms with Gasteiger partial charge in [0.25, 0.3) is 0 Å². The normalized spacial score (nSPS) is 23.9. The van der Waals surface area contributed by atoms with Gasteiger partial charge in [0.1, 0.15) is 0 Å². The van der Waals surface area contributed by atoms with E-state index >= 15 is 0 Å². The molecule has 118 valence electrons. The highest BCUT2D eigenvalue weighted by Crippen LogP contribution is 2.26. The Hall–Kier alpha value is -0.770. The van der Waals surface area contributed by atoms with E-state index < -0.39 is 0 Å². The van der Waals surface area contributed by atoms with E-state index in [0.717, 1.165) is 24.7 Å². The molecule has 2 unspecified atom stereocenters. The van der Waals surface area contributed by atoms with E-state index in [4.69, 9.17) is 11.6 Å². The van der Waals surface area contributed by atoms with Gasteiger partial charge in [-0.3, -0.25) is 4.90 Å². The average molecular weight is 310 g/mol. The standard InChI is InChI=1S/C17H28ClN3/c1-12(2)19-9-15-6-7-16(8-17(15)18)21-10-13(3)20(5)14(4)11-21/h6-8,12-14,19H,9-11H2,1-5H3. The first kappa shape index (κ1) is 16.6. The second-order valence-corrected chi connectivity index (χ2v) is 6.99. The first-order chi connectivity index (χ1) is 9.88. The average Bonchev–Trinajstić information content (AvgIpc) is 2.42. The van der Waals surface area contributed by atoms with Crippen LogP contribution in [0.2, 0.25) is 5.02 Å². The Morgan fingerprint density at radius 3 is 2.38 bits per heavy atom. The largest absolute Gasteiger partial charge is 0.368 e. The van der Waals surface area contributed by atoms with Crippen molar-refractivity contribution in [3.63, 3.8) is 0 Å². The molecule has 0 saturated carbocycles. The predicted molar refractivity (Wildman–Crippen MR) is 92.3 cm³/mol. The summed E-state index contributed by atoms with van der Waals surface area (Å²) in [6.45, 7) is 11.8. The van der Waals surface area contributed by atoms with Crippen LogP contribution in [0.15, 0.2) is 18.2 Å². The Labute approximate surface area is 134 Å². The minimum absolute atomic E-state index is 0.472. The highest BCUT2D eigenvalue weighted by atomic mass is 35.5.